The van der Waals surface area contributed by atoms with Crippen molar-refractivity contribution in [2.75, 3.05) is 0 Å². The third kappa shape index (κ3) is 4.06. The minimum atomic E-state index is -0.554. The highest BCUT2D eigenvalue weighted by Gasteiger charge is 2.51. The molecule has 1 heterocycles. The highest BCUT2D eigenvalue weighted by molar-refractivity contribution is 6.69. The van der Waals surface area contributed by atoms with Gasteiger partial charge in [0.05, 0.1) is 11.2 Å². The van der Waals surface area contributed by atoms with Crippen molar-refractivity contribution >= 4 is 103 Å². The van der Waals surface area contributed by atoms with Gasteiger partial charge in [-0.2, -0.15) is 0 Å². The summed E-state index contributed by atoms with van der Waals surface area (Å²) in [7, 11) is 38.7. The molecular formula is C28H21B7O2. The van der Waals surface area contributed by atoms with Crippen molar-refractivity contribution in [3.63, 3.8) is 0 Å². The first-order valence-corrected chi connectivity index (χ1v) is 12.1. The quantitative estimate of drug-likeness (QED) is 0.371. The first-order valence-electron chi connectivity index (χ1n) is 12.1. The van der Waals surface area contributed by atoms with E-state index in [9.17, 15) is 0 Å². The Morgan fingerprint density at radius 2 is 1.00 bits per heavy atom. The van der Waals surface area contributed by atoms with Crippen molar-refractivity contribution in [1.82, 2.24) is 0 Å². The van der Waals surface area contributed by atoms with E-state index in [1.54, 1.807) is 0 Å². The van der Waals surface area contributed by atoms with Crippen LogP contribution in [0.5, 0.6) is 0 Å². The monoisotopic (exact) mass is 466 g/mol. The Bertz CT molecular complexity index is 1530. The Hall–Kier alpha value is -2.49. The van der Waals surface area contributed by atoms with E-state index in [2.05, 4.69) is 0 Å². The second kappa shape index (κ2) is 9.07. The summed E-state index contributed by atoms with van der Waals surface area (Å²) in [6.07, 6.45) is 0. The van der Waals surface area contributed by atoms with Gasteiger partial charge in [-0.05, 0) is 66.2 Å². The minimum absolute atomic E-state index is 0.205. The fourth-order valence-electron chi connectivity index (χ4n) is 4.91. The molecular weight excluding hydrogens is 444 g/mol. The molecule has 2 nitrogen and oxygen atoms in total. The van der Waals surface area contributed by atoms with Crippen molar-refractivity contribution in [2.24, 2.45) is 0 Å². The molecule has 37 heavy (non-hydrogen) atoms. The van der Waals surface area contributed by atoms with Crippen LogP contribution in [-0.2, 0) is 9.31 Å². The summed E-state index contributed by atoms with van der Waals surface area (Å²) in [4.78, 5) is 0. The molecule has 0 N–H and O–H groups in total. The molecule has 9 heteroatoms. The Balaban J connectivity index is 1.82. The molecule has 1 saturated heterocycles. The van der Waals surface area contributed by atoms with Gasteiger partial charge in [0, 0.05) is 0 Å². The van der Waals surface area contributed by atoms with Crippen LogP contribution in [0.1, 0.15) is 27.7 Å². The van der Waals surface area contributed by atoms with E-state index in [-0.39, 0.29) is 10.9 Å². The SMILES string of the molecule is [B]c1c([B])c([B])c2c(-c3cccc(B4OC(C)(C)C(C)(C)O4)c3)c([B])c([B])c(-c3ccccc3)c2c1[B]. The fraction of sp³-hybridized carbons (Fsp3) is 0.214. The molecule has 0 unspecified atom stereocenters. The predicted molar refractivity (Wildman–Crippen MR) is 163 cm³/mol. The Morgan fingerprint density at radius 1 is 0.541 bits per heavy atom. The number of hydrogen-bond donors (Lipinski definition) is 0. The summed E-state index contributed by atoms with van der Waals surface area (Å²) in [5.74, 6) is 0. The molecule has 0 atom stereocenters. The third-order valence-electron chi connectivity index (χ3n) is 7.75. The average molecular weight is 465 g/mol. The van der Waals surface area contributed by atoms with Gasteiger partial charge in [0.15, 0.2) is 0 Å². The zero-order valence-corrected chi connectivity index (χ0v) is 21.6. The smallest absolute Gasteiger partial charge is 0.399 e. The summed E-state index contributed by atoms with van der Waals surface area (Å²) < 4.78 is 12.6. The molecule has 0 aliphatic carbocycles. The van der Waals surface area contributed by atoms with Crippen molar-refractivity contribution in [3.05, 3.63) is 54.6 Å². The highest BCUT2D eigenvalue weighted by atomic mass is 16.7. The molecule has 0 saturated carbocycles. The van der Waals surface area contributed by atoms with Crippen LogP contribution < -0.4 is 38.2 Å². The van der Waals surface area contributed by atoms with Gasteiger partial charge in [-0.3, -0.25) is 0 Å². The summed E-state index contributed by atoms with van der Waals surface area (Å²) in [5, 5.41) is 1.21. The molecule has 12 radical (unpaired) electrons. The molecule has 0 amide bonds. The molecule has 166 valence electrons. The van der Waals surface area contributed by atoms with E-state index in [1.165, 1.54) is 0 Å². The van der Waals surface area contributed by atoms with Crippen LogP contribution in [-0.4, -0.2) is 65.4 Å². The number of hydrogen-bond acceptors (Lipinski definition) is 2. The maximum atomic E-state index is 6.76. The van der Waals surface area contributed by atoms with Gasteiger partial charge in [-0.15, -0.1) is 10.9 Å². The lowest BCUT2D eigenvalue weighted by Gasteiger charge is -2.32. The van der Waals surface area contributed by atoms with Crippen LogP contribution in [0.4, 0.5) is 0 Å². The molecule has 4 aromatic rings. The minimum Gasteiger partial charge on any atom is -0.399 e. The molecule has 1 aliphatic heterocycles. The summed E-state index contributed by atoms with van der Waals surface area (Å²) in [6.45, 7) is 8.06. The molecule has 0 aromatic heterocycles. The molecule has 5 rings (SSSR count). The van der Waals surface area contributed by atoms with E-state index < -0.39 is 18.3 Å². The Labute approximate surface area is 227 Å². The fourth-order valence-corrected chi connectivity index (χ4v) is 4.91. The van der Waals surface area contributed by atoms with Crippen molar-refractivity contribution in [1.29, 1.82) is 0 Å². The molecule has 1 aliphatic rings. The van der Waals surface area contributed by atoms with Gasteiger partial charge in [0.25, 0.3) is 0 Å². The topological polar surface area (TPSA) is 18.5 Å². The summed E-state index contributed by atoms with van der Waals surface area (Å²) in [5.41, 5.74) is 4.54. The van der Waals surface area contributed by atoms with Gasteiger partial charge >= 0.3 is 7.12 Å². The van der Waals surface area contributed by atoms with E-state index in [1.807, 2.05) is 82.3 Å². The van der Waals surface area contributed by atoms with Crippen LogP contribution in [0, 0.1) is 0 Å². The first kappa shape index (κ1) is 26.1. The van der Waals surface area contributed by atoms with Crippen LogP contribution in [0.2, 0.25) is 0 Å². The van der Waals surface area contributed by atoms with Crippen LogP contribution in [0.25, 0.3) is 33.0 Å². The van der Waals surface area contributed by atoms with Crippen molar-refractivity contribution in [2.45, 2.75) is 38.9 Å². The summed E-state index contributed by atoms with van der Waals surface area (Å²) >= 11 is 0. The molecule has 1 fully saturated rings. The average Bonchev–Trinajstić information content (AvgIpc) is 3.09. The third-order valence-corrected chi connectivity index (χ3v) is 7.75. The van der Waals surface area contributed by atoms with Crippen LogP contribution in [0.3, 0.4) is 0 Å². The standard InChI is InChI=1S/C28H21B7O2/c1-27(2)28(3,4)37-35(36-27)16-12-8-11-15(13-16)18-20-19(23(31)25(33)26(34)24(20)32)17(21(29)22(18)30)14-9-6-5-7-10-14/h5-13H,1-4H3. The maximum Gasteiger partial charge on any atom is 0.494 e. The van der Waals surface area contributed by atoms with E-state index in [0.29, 0.717) is 43.8 Å². The zero-order chi connectivity index (χ0) is 26.9. The molecule has 0 bridgehead atoms. The van der Waals surface area contributed by atoms with E-state index in [4.69, 9.17) is 56.4 Å². The largest absolute Gasteiger partial charge is 0.494 e. The van der Waals surface area contributed by atoms with Gasteiger partial charge in [-0.25, -0.2) is 0 Å². The first-order chi connectivity index (χ1) is 17.4. The normalized spacial score (nSPS) is 16.4. The second-order valence-corrected chi connectivity index (χ2v) is 10.6. The number of fused-ring (bicyclic) bond motifs is 1. The molecule has 0 spiro atoms. The van der Waals surface area contributed by atoms with E-state index in [0.717, 1.165) is 16.6 Å². The van der Waals surface area contributed by atoms with Gasteiger partial charge in [0.2, 0.25) is 0 Å². The predicted octanol–water partition coefficient (Wildman–Crippen LogP) is -0.764. The summed E-state index contributed by atoms with van der Waals surface area (Å²) in [6, 6.07) is 17.4. The van der Waals surface area contributed by atoms with Crippen LogP contribution in [0.15, 0.2) is 54.6 Å². The zero-order valence-electron chi connectivity index (χ0n) is 21.6. The maximum absolute atomic E-state index is 6.76. The second-order valence-electron chi connectivity index (χ2n) is 10.6. The Kier molecular flexibility index (Phi) is 6.40. The van der Waals surface area contributed by atoms with Gasteiger partial charge < -0.3 is 9.31 Å². The lowest BCUT2D eigenvalue weighted by atomic mass is 9.60. The van der Waals surface area contributed by atoms with Crippen molar-refractivity contribution in [3.8, 4) is 22.3 Å². The van der Waals surface area contributed by atoms with Gasteiger partial charge in [-0.1, -0.05) is 76.4 Å². The highest BCUT2D eigenvalue weighted by Crippen LogP contribution is 2.37. The number of rotatable bonds is 3. The Morgan fingerprint density at radius 3 is 1.51 bits per heavy atom. The van der Waals surface area contributed by atoms with Crippen LogP contribution >= 0.6 is 0 Å². The molecule has 4 aromatic carbocycles. The lowest BCUT2D eigenvalue weighted by molar-refractivity contribution is 0.00578. The number of benzene rings is 4. The van der Waals surface area contributed by atoms with Crippen molar-refractivity contribution < 1.29 is 9.31 Å². The lowest BCUT2D eigenvalue weighted by Crippen LogP contribution is -2.49. The van der Waals surface area contributed by atoms with E-state index >= 15 is 0 Å². The van der Waals surface area contributed by atoms with Gasteiger partial charge in [0.1, 0.15) is 47.1 Å².